The van der Waals surface area contributed by atoms with Crippen molar-refractivity contribution in [2.75, 3.05) is 26.3 Å². The van der Waals surface area contributed by atoms with Gasteiger partial charge >= 0.3 is 0 Å². The molecular formula is C16H29IN4O. The first kappa shape index (κ1) is 21.1. The summed E-state index contributed by atoms with van der Waals surface area (Å²) >= 11 is 0. The number of aromatic nitrogens is 1. The molecule has 0 amide bonds. The SMILES string of the molecule is CCCCOCCCNC(=NCc1ccccn1)NCC.I. The highest BCUT2D eigenvalue weighted by atomic mass is 127. The van der Waals surface area contributed by atoms with E-state index in [4.69, 9.17) is 4.74 Å². The van der Waals surface area contributed by atoms with Gasteiger partial charge in [-0.15, -0.1) is 24.0 Å². The molecule has 0 saturated heterocycles. The highest BCUT2D eigenvalue weighted by molar-refractivity contribution is 14.0. The van der Waals surface area contributed by atoms with E-state index in [1.165, 1.54) is 6.42 Å². The van der Waals surface area contributed by atoms with Crippen LogP contribution in [0, 0.1) is 0 Å². The Hall–Kier alpha value is -0.890. The van der Waals surface area contributed by atoms with Crippen molar-refractivity contribution in [1.82, 2.24) is 15.6 Å². The minimum atomic E-state index is 0. The molecule has 0 aliphatic heterocycles. The molecule has 1 aromatic heterocycles. The molecule has 0 radical (unpaired) electrons. The summed E-state index contributed by atoms with van der Waals surface area (Å²) < 4.78 is 5.53. The predicted molar refractivity (Wildman–Crippen MR) is 103 cm³/mol. The van der Waals surface area contributed by atoms with Crippen molar-refractivity contribution < 1.29 is 4.74 Å². The lowest BCUT2D eigenvalue weighted by Gasteiger charge is -2.11. The first-order valence-electron chi connectivity index (χ1n) is 7.86. The van der Waals surface area contributed by atoms with E-state index >= 15 is 0 Å². The Labute approximate surface area is 151 Å². The maximum absolute atomic E-state index is 5.53. The first-order chi connectivity index (χ1) is 10.4. The van der Waals surface area contributed by atoms with Crippen molar-refractivity contribution in [1.29, 1.82) is 0 Å². The molecule has 6 heteroatoms. The van der Waals surface area contributed by atoms with Gasteiger partial charge in [0.15, 0.2) is 5.96 Å². The van der Waals surface area contributed by atoms with Crippen LogP contribution >= 0.6 is 24.0 Å². The smallest absolute Gasteiger partial charge is 0.191 e. The maximum Gasteiger partial charge on any atom is 0.191 e. The van der Waals surface area contributed by atoms with Crippen LogP contribution in [0.3, 0.4) is 0 Å². The molecule has 5 nitrogen and oxygen atoms in total. The van der Waals surface area contributed by atoms with E-state index in [1.54, 1.807) is 6.20 Å². The molecular weight excluding hydrogens is 391 g/mol. The zero-order valence-electron chi connectivity index (χ0n) is 13.7. The van der Waals surface area contributed by atoms with Gasteiger partial charge in [-0.3, -0.25) is 4.98 Å². The van der Waals surface area contributed by atoms with E-state index in [2.05, 4.69) is 34.5 Å². The standard InChI is InChI=1S/C16H28N4O.HI/c1-3-5-12-21-13-8-11-19-16(17-4-2)20-14-15-9-6-7-10-18-15;/h6-7,9-10H,3-5,8,11-14H2,1-2H3,(H2,17,19,20);1H. The van der Waals surface area contributed by atoms with E-state index in [0.29, 0.717) is 6.54 Å². The Morgan fingerprint density at radius 2 is 2.00 bits per heavy atom. The van der Waals surface area contributed by atoms with Crippen molar-refractivity contribution >= 4 is 29.9 Å². The summed E-state index contributed by atoms with van der Waals surface area (Å²) in [6.07, 6.45) is 5.10. The number of ether oxygens (including phenoxy) is 1. The Bertz CT molecular complexity index is 387. The fraction of sp³-hybridized carbons (Fsp3) is 0.625. The van der Waals surface area contributed by atoms with Crippen molar-refractivity contribution in [2.45, 2.75) is 39.7 Å². The first-order valence-corrected chi connectivity index (χ1v) is 7.86. The van der Waals surface area contributed by atoms with Crippen LogP contribution in [0.25, 0.3) is 0 Å². The third-order valence-electron chi connectivity index (χ3n) is 2.87. The van der Waals surface area contributed by atoms with Gasteiger partial charge in [-0.25, -0.2) is 4.99 Å². The van der Waals surface area contributed by atoms with Crippen LogP contribution in [0.4, 0.5) is 0 Å². The molecule has 1 heterocycles. The third-order valence-corrected chi connectivity index (χ3v) is 2.87. The summed E-state index contributed by atoms with van der Waals surface area (Å²) in [5, 5.41) is 6.55. The molecule has 0 aliphatic rings. The maximum atomic E-state index is 5.53. The van der Waals surface area contributed by atoms with Crippen LogP contribution in [-0.2, 0) is 11.3 Å². The van der Waals surface area contributed by atoms with Crippen LogP contribution in [-0.4, -0.2) is 37.2 Å². The van der Waals surface area contributed by atoms with E-state index in [0.717, 1.165) is 50.8 Å². The van der Waals surface area contributed by atoms with Crippen LogP contribution in [0.2, 0.25) is 0 Å². The fourth-order valence-electron chi connectivity index (χ4n) is 1.72. The van der Waals surface area contributed by atoms with Gasteiger partial charge in [-0.05, 0) is 31.9 Å². The van der Waals surface area contributed by atoms with Gasteiger partial charge in [0, 0.05) is 32.5 Å². The number of hydrogen-bond acceptors (Lipinski definition) is 3. The second kappa shape index (κ2) is 15.0. The molecule has 22 heavy (non-hydrogen) atoms. The minimum absolute atomic E-state index is 0. The molecule has 126 valence electrons. The largest absolute Gasteiger partial charge is 0.381 e. The Morgan fingerprint density at radius 1 is 1.18 bits per heavy atom. The Kier molecular flexibility index (Phi) is 14.4. The summed E-state index contributed by atoms with van der Waals surface area (Å²) in [4.78, 5) is 8.79. The Balaban J connectivity index is 0.00000441. The van der Waals surface area contributed by atoms with Crippen LogP contribution < -0.4 is 10.6 Å². The summed E-state index contributed by atoms with van der Waals surface area (Å²) in [5.41, 5.74) is 0.970. The average molecular weight is 420 g/mol. The Morgan fingerprint density at radius 3 is 2.68 bits per heavy atom. The molecule has 0 bridgehead atoms. The molecule has 0 atom stereocenters. The van der Waals surface area contributed by atoms with E-state index in [-0.39, 0.29) is 24.0 Å². The van der Waals surface area contributed by atoms with Gasteiger partial charge in [-0.2, -0.15) is 0 Å². The number of unbranched alkanes of at least 4 members (excludes halogenated alkanes) is 1. The second-order valence-corrected chi connectivity index (χ2v) is 4.76. The topological polar surface area (TPSA) is 58.5 Å². The monoisotopic (exact) mass is 420 g/mol. The highest BCUT2D eigenvalue weighted by Gasteiger charge is 1.97. The molecule has 1 rings (SSSR count). The highest BCUT2D eigenvalue weighted by Crippen LogP contribution is 1.95. The second-order valence-electron chi connectivity index (χ2n) is 4.76. The van der Waals surface area contributed by atoms with Gasteiger partial charge < -0.3 is 15.4 Å². The lowest BCUT2D eigenvalue weighted by atomic mass is 10.3. The van der Waals surface area contributed by atoms with Gasteiger partial charge in [0.25, 0.3) is 0 Å². The normalized spacial score (nSPS) is 10.9. The van der Waals surface area contributed by atoms with Crippen LogP contribution in [0.5, 0.6) is 0 Å². The van der Waals surface area contributed by atoms with Crippen LogP contribution in [0.1, 0.15) is 38.8 Å². The van der Waals surface area contributed by atoms with E-state index in [9.17, 15) is 0 Å². The lowest BCUT2D eigenvalue weighted by molar-refractivity contribution is 0.129. The summed E-state index contributed by atoms with van der Waals surface area (Å²) in [6.45, 7) is 8.19. The third kappa shape index (κ3) is 10.8. The number of halogens is 1. The zero-order chi connectivity index (χ0) is 15.2. The number of nitrogens with zero attached hydrogens (tertiary/aromatic N) is 2. The molecule has 1 aromatic rings. The van der Waals surface area contributed by atoms with Gasteiger partial charge in [-0.1, -0.05) is 19.4 Å². The zero-order valence-corrected chi connectivity index (χ0v) is 16.0. The number of nitrogens with one attached hydrogen (secondary N) is 2. The van der Waals surface area contributed by atoms with E-state index in [1.807, 2.05) is 18.2 Å². The summed E-state index contributed by atoms with van der Waals surface area (Å²) in [6, 6.07) is 5.87. The van der Waals surface area contributed by atoms with Crippen molar-refractivity contribution in [3.05, 3.63) is 30.1 Å². The molecule has 0 aromatic carbocycles. The van der Waals surface area contributed by atoms with Crippen molar-refractivity contribution in [3.8, 4) is 0 Å². The predicted octanol–water partition coefficient (Wildman–Crippen LogP) is 2.96. The molecule has 0 unspecified atom stereocenters. The minimum Gasteiger partial charge on any atom is -0.381 e. The number of guanidine groups is 1. The summed E-state index contributed by atoms with van der Waals surface area (Å²) in [7, 11) is 0. The summed E-state index contributed by atoms with van der Waals surface area (Å²) in [5.74, 6) is 0.830. The lowest BCUT2D eigenvalue weighted by Crippen LogP contribution is -2.38. The van der Waals surface area contributed by atoms with Crippen molar-refractivity contribution in [2.24, 2.45) is 4.99 Å². The molecule has 0 spiro atoms. The molecule has 0 aliphatic carbocycles. The molecule has 0 saturated carbocycles. The van der Waals surface area contributed by atoms with Crippen molar-refractivity contribution in [3.63, 3.8) is 0 Å². The quantitative estimate of drug-likeness (QED) is 0.265. The number of hydrogen-bond donors (Lipinski definition) is 2. The van der Waals surface area contributed by atoms with Crippen LogP contribution in [0.15, 0.2) is 29.4 Å². The van der Waals surface area contributed by atoms with Gasteiger partial charge in [0.05, 0.1) is 12.2 Å². The molecule has 0 fully saturated rings. The van der Waals surface area contributed by atoms with E-state index < -0.39 is 0 Å². The van der Waals surface area contributed by atoms with Gasteiger partial charge in [0.2, 0.25) is 0 Å². The van der Waals surface area contributed by atoms with Gasteiger partial charge in [0.1, 0.15) is 0 Å². The fourth-order valence-corrected chi connectivity index (χ4v) is 1.72. The number of rotatable bonds is 10. The molecule has 2 N–H and O–H groups in total. The number of pyridine rings is 1. The average Bonchev–Trinajstić information content (AvgIpc) is 2.52. The number of aliphatic imine (C=N–C) groups is 1.